The second kappa shape index (κ2) is 7.32. The summed E-state index contributed by atoms with van der Waals surface area (Å²) in [5.41, 5.74) is 2.14. The minimum absolute atomic E-state index is 0.0563. The highest BCUT2D eigenvalue weighted by Gasteiger charge is 2.34. The minimum atomic E-state index is -0.561. The van der Waals surface area contributed by atoms with Gasteiger partial charge in [-0.05, 0) is 52.4 Å². The van der Waals surface area contributed by atoms with Gasteiger partial charge in [0, 0.05) is 30.4 Å². The molecule has 2 aliphatic rings. The molecular formula is C19H28N4O4. The SMILES string of the molecule is C[C@@H]1CC(NC(=O)OC(C)(C)C)CN(c2c([N+](=O)[O-])cnc3c2CCC3)C1. The largest absolute Gasteiger partial charge is 0.444 e. The first-order chi connectivity index (χ1) is 12.6. The van der Waals surface area contributed by atoms with Crippen molar-refractivity contribution in [2.24, 2.45) is 5.92 Å². The van der Waals surface area contributed by atoms with E-state index in [1.54, 1.807) is 0 Å². The molecule has 0 aromatic carbocycles. The van der Waals surface area contributed by atoms with Crippen LogP contribution in [0.4, 0.5) is 16.2 Å². The molecule has 1 unspecified atom stereocenters. The molecule has 1 amide bonds. The molecule has 2 atom stereocenters. The van der Waals surface area contributed by atoms with Gasteiger partial charge in [0.05, 0.1) is 4.92 Å². The Balaban J connectivity index is 1.84. The quantitative estimate of drug-likeness (QED) is 0.642. The number of hydrogen-bond donors (Lipinski definition) is 1. The monoisotopic (exact) mass is 376 g/mol. The van der Waals surface area contributed by atoms with Gasteiger partial charge >= 0.3 is 11.8 Å². The number of carbonyl (C=O) groups excluding carboxylic acids is 1. The summed E-state index contributed by atoms with van der Waals surface area (Å²) >= 11 is 0. The van der Waals surface area contributed by atoms with E-state index in [-0.39, 0.29) is 16.7 Å². The van der Waals surface area contributed by atoms with Gasteiger partial charge in [0.15, 0.2) is 0 Å². The molecular weight excluding hydrogens is 348 g/mol. The number of rotatable bonds is 3. The van der Waals surface area contributed by atoms with Crippen LogP contribution in [0.15, 0.2) is 6.20 Å². The Bertz CT molecular complexity index is 744. The molecule has 0 saturated carbocycles. The predicted octanol–water partition coefficient (Wildman–Crippen LogP) is 3.22. The summed E-state index contributed by atoms with van der Waals surface area (Å²) in [5, 5.41) is 14.5. The van der Waals surface area contributed by atoms with Gasteiger partial charge in [0.1, 0.15) is 17.5 Å². The summed E-state index contributed by atoms with van der Waals surface area (Å²) in [6.07, 6.45) is 4.40. The molecule has 2 heterocycles. The third-order valence-electron chi connectivity index (χ3n) is 4.95. The zero-order valence-electron chi connectivity index (χ0n) is 16.4. The van der Waals surface area contributed by atoms with E-state index in [0.717, 1.165) is 43.5 Å². The fraction of sp³-hybridized carbons (Fsp3) is 0.684. The highest BCUT2D eigenvalue weighted by atomic mass is 16.6. The van der Waals surface area contributed by atoms with Crippen LogP contribution in [0.1, 0.15) is 51.8 Å². The van der Waals surface area contributed by atoms with Crippen LogP contribution in [0.25, 0.3) is 0 Å². The molecule has 27 heavy (non-hydrogen) atoms. The first-order valence-corrected chi connectivity index (χ1v) is 9.53. The normalized spacial score (nSPS) is 22.3. The number of fused-ring (bicyclic) bond motifs is 1. The van der Waals surface area contributed by atoms with E-state index in [0.29, 0.717) is 18.2 Å². The van der Waals surface area contributed by atoms with Crippen LogP contribution in [-0.2, 0) is 17.6 Å². The maximum Gasteiger partial charge on any atom is 0.407 e. The summed E-state index contributed by atoms with van der Waals surface area (Å²) in [4.78, 5) is 29.8. The summed E-state index contributed by atoms with van der Waals surface area (Å²) in [6.45, 7) is 8.83. The number of hydrogen-bond acceptors (Lipinski definition) is 6. The number of carbonyl (C=O) groups is 1. The second-order valence-electron chi connectivity index (χ2n) is 8.62. The highest BCUT2D eigenvalue weighted by molar-refractivity contribution is 5.71. The van der Waals surface area contributed by atoms with Crippen LogP contribution in [0, 0.1) is 16.0 Å². The summed E-state index contributed by atoms with van der Waals surface area (Å²) in [5.74, 6) is 0.295. The predicted molar refractivity (Wildman–Crippen MR) is 102 cm³/mol. The summed E-state index contributed by atoms with van der Waals surface area (Å²) in [7, 11) is 0. The molecule has 0 radical (unpaired) electrons. The van der Waals surface area contributed by atoms with Crippen LogP contribution < -0.4 is 10.2 Å². The lowest BCUT2D eigenvalue weighted by Crippen LogP contribution is -2.51. The minimum Gasteiger partial charge on any atom is -0.444 e. The fourth-order valence-corrected chi connectivity index (χ4v) is 4.08. The lowest BCUT2D eigenvalue weighted by Gasteiger charge is -2.38. The molecule has 0 bridgehead atoms. The third kappa shape index (κ3) is 4.48. The topological polar surface area (TPSA) is 97.6 Å². The molecule has 1 fully saturated rings. The third-order valence-corrected chi connectivity index (χ3v) is 4.95. The Kier molecular flexibility index (Phi) is 5.26. The van der Waals surface area contributed by atoms with Crippen LogP contribution in [0.3, 0.4) is 0 Å². The van der Waals surface area contributed by atoms with Crippen LogP contribution >= 0.6 is 0 Å². The number of ether oxygens (including phenoxy) is 1. The number of piperidine rings is 1. The Morgan fingerprint density at radius 1 is 1.37 bits per heavy atom. The molecule has 1 aromatic rings. The van der Waals surface area contributed by atoms with Gasteiger partial charge in [0.2, 0.25) is 0 Å². The molecule has 148 valence electrons. The summed E-state index contributed by atoms with van der Waals surface area (Å²) in [6, 6.07) is -0.117. The fourth-order valence-electron chi connectivity index (χ4n) is 4.08. The lowest BCUT2D eigenvalue weighted by molar-refractivity contribution is -0.384. The van der Waals surface area contributed by atoms with Gasteiger partial charge < -0.3 is 15.0 Å². The summed E-state index contributed by atoms with van der Waals surface area (Å²) < 4.78 is 5.37. The molecule has 1 N–H and O–H groups in total. The van der Waals surface area contributed by atoms with Crippen LogP contribution in [-0.4, -0.2) is 40.7 Å². The van der Waals surface area contributed by atoms with Crippen molar-refractivity contribution in [2.75, 3.05) is 18.0 Å². The van der Waals surface area contributed by atoms with Crippen molar-refractivity contribution in [3.8, 4) is 0 Å². The molecule has 1 saturated heterocycles. The van der Waals surface area contributed by atoms with Crippen LogP contribution in [0.2, 0.25) is 0 Å². The van der Waals surface area contributed by atoms with E-state index in [1.165, 1.54) is 6.20 Å². The standard InChI is InChI=1S/C19H28N4O4/c1-12-8-13(21-18(24)27-19(2,3)4)11-22(10-12)17-14-6-5-7-15(14)20-9-16(17)23(25)26/h9,12-13H,5-8,10-11H2,1-4H3,(H,21,24)/t12-,13?/m1/s1. The van der Waals surface area contributed by atoms with Gasteiger partial charge in [-0.15, -0.1) is 0 Å². The second-order valence-corrected chi connectivity index (χ2v) is 8.62. The molecule has 1 aliphatic heterocycles. The molecule has 1 aromatic heterocycles. The Labute approximate surface area is 159 Å². The van der Waals surface area contributed by atoms with E-state index < -0.39 is 11.7 Å². The van der Waals surface area contributed by atoms with E-state index in [4.69, 9.17) is 4.74 Å². The van der Waals surface area contributed by atoms with Crippen molar-refractivity contribution in [2.45, 2.75) is 65.0 Å². The van der Waals surface area contributed by atoms with Gasteiger partial charge in [-0.2, -0.15) is 0 Å². The van der Waals surface area contributed by atoms with Crippen molar-refractivity contribution < 1.29 is 14.5 Å². The molecule has 1 aliphatic carbocycles. The number of nitrogens with one attached hydrogen (secondary N) is 1. The first-order valence-electron chi connectivity index (χ1n) is 9.53. The molecule has 8 nitrogen and oxygen atoms in total. The Morgan fingerprint density at radius 2 is 2.11 bits per heavy atom. The van der Waals surface area contributed by atoms with E-state index in [2.05, 4.69) is 22.1 Å². The number of nitrogens with zero attached hydrogens (tertiary/aromatic N) is 3. The number of aryl methyl sites for hydroxylation is 1. The highest BCUT2D eigenvalue weighted by Crippen LogP contribution is 2.39. The van der Waals surface area contributed by atoms with E-state index in [9.17, 15) is 14.9 Å². The van der Waals surface area contributed by atoms with Crippen molar-refractivity contribution in [3.63, 3.8) is 0 Å². The van der Waals surface area contributed by atoms with E-state index >= 15 is 0 Å². The number of alkyl carbamates (subject to hydrolysis) is 1. The lowest BCUT2D eigenvalue weighted by atomic mass is 9.94. The molecule has 3 rings (SSSR count). The zero-order valence-corrected chi connectivity index (χ0v) is 16.4. The smallest absolute Gasteiger partial charge is 0.407 e. The van der Waals surface area contributed by atoms with Crippen molar-refractivity contribution in [1.82, 2.24) is 10.3 Å². The molecule has 8 heteroatoms. The van der Waals surface area contributed by atoms with Gasteiger partial charge in [-0.25, -0.2) is 4.79 Å². The molecule has 0 spiro atoms. The van der Waals surface area contributed by atoms with Gasteiger partial charge in [0.25, 0.3) is 0 Å². The zero-order chi connectivity index (χ0) is 19.8. The average molecular weight is 376 g/mol. The van der Waals surface area contributed by atoms with Crippen molar-refractivity contribution in [3.05, 3.63) is 27.6 Å². The van der Waals surface area contributed by atoms with E-state index in [1.807, 2.05) is 20.8 Å². The average Bonchev–Trinajstić information content (AvgIpc) is 2.99. The van der Waals surface area contributed by atoms with Crippen LogP contribution in [0.5, 0.6) is 0 Å². The van der Waals surface area contributed by atoms with Crippen molar-refractivity contribution >= 4 is 17.5 Å². The maximum absolute atomic E-state index is 12.2. The van der Waals surface area contributed by atoms with Gasteiger partial charge in [-0.1, -0.05) is 6.92 Å². The number of pyridine rings is 1. The Morgan fingerprint density at radius 3 is 2.78 bits per heavy atom. The number of aromatic nitrogens is 1. The number of nitro groups is 1. The first kappa shape index (κ1) is 19.4. The number of amides is 1. The number of anilines is 1. The van der Waals surface area contributed by atoms with Crippen molar-refractivity contribution in [1.29, 1.82) is 0 Å². The maximum atomic E-state index is 12.2. The Hall–Kier alpha value is -2.38. The van der Waals surface area contributed by atoms with Gasteiger partial charge in [-0.3, -0.25) is 15.1 Å².